The van der Waals surface area contributed by atoms with Crippen LogP contribution in [0.15, 0.2) is 36.4 Å². The Morgan fingerprint density at radius 1 is 1.25 bits per heavy atom. The Labute approximate surface area is 127 Å². The average molecular weight is 303 g/mol. The van der Waals surface area contributed by atoms with Gasteiger partial charge in [0.25, 0.3) is 5.91 Å². The highest BCUT2D eigenvalue weighted by molar-refractivity contribution is 7.80. The zero-order chi connectivity index (χ0) is 14.3. The maximum atomic E-state index is 12.5. The number of aryl methyl sites for hydroxylation is 1. The molecule has 0 spiro atoms. The summed E-state index contributed by atoms with van der Waals surface area (Å²) in [7, 11) is 0. The molecule has 0 saturated carbocycles. The van der Waals surface area contributed by atoms with Crippen molar-refractivity contribution in [3.63, 3.8) is 0 Å². The standard InChI is InChI=1S/C15H11ClN2OS/c1-9-2-7-12-13(17-9)8-18(15(12)20)14(19)10-3-5-11(16)6-4-10/h2-7H,8H2,1H3. The van der Waals surface area contributed by atoms with Crippen LogP contribution in [-0.4, -0.2) is 20.8 Å². The molecule has 0 saturated heterocycles. The predicted molar refractivity (Wildman–Crippen MR) is 82.0 cm³/mol. The average Bonchev–Trinajstić information content (AvgIpc) is 2.75. The van der Waals surface area contributed by atoms with Crippen molar-refractivity contribution in [2.45, 2.75) is 13.5 Å². The highest BCUT2D eigenvalue weighted by Crippen LogP contribution is 2.24. The highest BCUT2D eigenvalue weighted by Gasteiger charge is 2.30. The van der Waals surface area contributed by atoms with Crippen molar-refractivity contribution < 1.29 is 4.79 Å². The van der Waals surface area contributed by atoms with Crippen molar-refractivity contribution in [3.05, 3.63) is 63.9 Å². The Hall–Kier alpha value is -1.78. The largest absolute Gasteiger partial charge is 0.292 e. The van der Waals surface area contributed by atoms with Gasteiger partial charge >= 0.3 is 0 Å². The summed E-state index contributed by atoms with van der Waals surface area (Å²) in [6.07, 6.45) is 0. The van der Waals surface area contributed by atoms with Crippen LogP contribution in [0.1, 0.15) is 27.3 Å². The second-order valence-electron chi connectivity index (χ2n) is 4.65. The number of hydrogen-bond donors (Lipinski definition) is 0. The third-order valence-electron chi connectivity index (χ3n) is 3.23. The number of aromatic nitrogens is 1. The number of halogens is 1. The number of pyridine rings is 1. The molecule has 0 N–H and O–H groups in total. The van der Waals surface area contributed by atoms with E-state index in [1.807, 2.05) is 19.1 Å². The first kappa shape index (κ1) is 13.2. The van der Waals surface area contributed by atoms with Gasteiger partial charge < -0.3 is 0 Å². The number of benzene rings is 1. The number of rotatable bonds is 1. The van der Waals surface area contributed by atoms with Crippen LogP contribution < -0.4 is 0 Å². The van der Waals surface area contributed by atoms with Gasteiger partial charge in [0.2, 0.25) is 0 Å². The molecule has 1 aromatic heterocycles. The Balaban J connectivity index is 1.92. The van der Waals surface area contributed by atoms with E-state index in [4.69, 9.17) is 23.8 Å². The van der Waals surface area contributed by atoms with E-state index in [1.54, 1.807) is 29.2 Å². The minimum absolute atomic E-state index is 0.123. The van der Waals surface area contributed by atoms with E-state index in [1.165, 1.54) is 0 Å². The fourth-order valence-electron chi connectivity index (χ4n) is 2.21. The number of thiocarbonyl (C=S) groups is 1. The van der Waals surface area contributed by atoms with Crippen LogP contribution in [0.3, 0.4) is 0 Å². The summed E-state index contributed by atoms with van der Waals surface area (Å²) in [6, 6.07) is 10.6. The van der Waals surface area contributed by atoms with Gasteiger partial charge in [0, 0.05) is 21.8 Å². The molecule has 0 unspecified atom stereocenters. The summed E-state index contributed by atoms with van der Waals surface area (Å²) in [4.78, 5) is 19.0. The number of nitrogens with zero attached hydrogens (tertiary/aromatic N) is 2. The molecular weight excluding hydrogens is 292 g/mol. The molecule has 2 aromatic rings. The smallest absolute Gasteiger partial charge is 0.259 e. The van der Waals surface area contributed by atoms with Gasteiger partial charge in [-0.15, -0.1) is 0 Å². The molecule has 1 aromatic carbocycles. The molecule has 0 atom stereocenters. The first-order chi connectivity index (χ1) is 9.56. The number of hydrogen-bond acceptors (Lipinski definition) is 3. The fourth-order valence-corrected chi connectivity index (χ4v) is 2.66. The minimum atomic E-state index is -0.123. The molecule has 0 aliphatic carbocycles. The summed E-state index contributed by atoms with van der Waals surface area (Å²) in [6.45, 7) is 2.35. The van der Waals surface area contributed by atoms with Crippen molar-refractivity contribution in [2.75, 3.05) is 0 Å². The van der Waals surface area contributed by atoms with Crippen molar-refractivity contribution >= 4 is 34.7 Å². The van der Waals surface area contributed by atoms with E-state index in [9.17, 15) is 4.79 Å². The maximum absolute atomic E-state index is 12.5. The Morgan fingerprint density at radius 2 is 1.95 bits per heavy atom. The Morgan fingerprint density at radius 3 is 2.65 bits per heavy atom. The number of amides is 1. The summed E-state index contributed by atoms with van der Waals surface area (Å²) in [5.74, 6) is -0.123. The number of fused-ring (bicyclic) bond motifs is 1. The van der Waals surface area contributed by atoms with E-state index in [0.29, 0.717) is 22.1 Å². The van der Waals surface area contributed by atoms with Crippen LogP contribution in [0.25, 0.3) is 0 Å². The normalized spacial score (nSPS) is 13.5. The lowest BCUT2D eigenvalue weighted by atomic mass is 10.2. The van der Waals surface area contributed by atoms with Crippen LogP contribution in [-0.2, 0) is 6.54 Å². The van der Waals surface area contributed by atoms with Crippen LogP contribution in [0, 0.1) is 6.92 Å². The van der Waals surface area contributed by atoms with Gasteiger partial charge in [-0.25, -0.2) is 0 Å². The van der Waals surface area contributed by atoms with Gasteiger partial charge in [0.05, 0.1) is 12.2 Å². The molecule has 1 aliphatic heterocycles. The molecule has 0 fully saturated rings. The summed E-state index contributed by atoms with van der Waals surface area (Å²) >= 11 is 11.2. The predicted octanol–water partition coefficient (Wildman–Crippen LogP) is 3.37. The van der Waals surface area contributed by atoms with Crippen molar-refractivity contribution in [3.8, 4) is 0 Å². The quantitative estimate of drug-likeness (QED) is 0.757. The van der Waals surface area contributed by atoms with Crippen LogP contribution in [0.5, 0.6) is 0 Å². The maximum Gasteiger partial charge on any atom is 0.259 e. The molecule has 0 bridgehead atoms. The molecule has 100 valence electrons. The Bertz CT molecular complexity index is 712. The van der Waals surface area contributed by atoms with E-state index in [2.05, 4.69) is 4.98 Å². The van der Waals surface area contributed by atoms with Crippen LogP contribution >= 0.6 is 23.8 Å². The highest BCUT2D eigenvalue weighted by atomic mass is 35.5. The van der Waals surface area contributed by atoms with Gasteiger partial charge in [0.15, 0.2) is 0 Å². The van der Waals surface area contributed by atoms with Crippen LogP contribution in [0.2, 0.25) is 5.02 Å². The number of carbonyl (C=O) groups is 1. The van der Waals surface area contributed by atoms with Crippen LogP contribution in [0.4, 0.5) is 0 Å². The molecule has 20 heavy (non-hydrogen) atoms. The zero-order valence-corrected chi connectivity index (χ0v) is 12.3. The number of carbonyl (C=O) groups excluding carboxylic acids is 1. The van der Waals surface area contributed by atoms with Crippen molar-refractivity contribution in [1.82, 2.24) is 9.88 Å². The first-order valence-electron chi connectivity index (χ1n) is 6.14. The lowest BCUT2D eigenvalue weighted by Gasteiger charge is -2.15. The first-order valence-corrected chi connectivity index (χ1v) is 6.93. The topological polar surface area (TPSA) is 33.2 Å². The minimum Gasteiger partial charge on any atom is -0.292 e. The summed E-state index contributed by atoms with van der Waals surface area (Å²) in [5, 5.41) is 0.603. The fraction of sp³-hybridized carbons (Fsp3) is 0.133. The molecule has 3 nitrogen and oxygen atoms in total. The van der Waals surface area contributed by atoms with Gasteiger partial charge in [-0.3, -0.25) is 14.7 Å². The van der Waals surface area contributed by atoms with Gasteiger partial charge in [0.1, 0.15) is 4.99 Å². The molecule has 2 heterocycles. The SMILES string of the molecule is Cc1ccc2c(n1)CN(C(=O)c1ccc(Cl)cc1)C2=S. The van der Waals surface area contributed by atoms with E-state index < -0.39 is 0 Å². The molecule has 0 radical (unpaired) electrons. The van der Waals surface area contributed by atoms with E-state index in [-0.39, 0.29) is 5.91 Å². The third kappa shape index (κ3) is 2.21. The van der Waals surface area contributed by atoms with Crippen molar-refractivity contribution in [1.29, 1.82) is 0 Å². The zero-order valence-electron chi connectivity index (χ0n) is 10.8. The van der Waals surface area contributed by atoms with Gasteiger partial charge in [-0.2, -0.15) is 0 Å². The summed E-state index contributed by atoms with van der Waals surface area (Å²) < 4.78 is 0. The monoisotopic (exact) mass is 302 g/mol. The molecular formula is C15H11ClN2OS. The van der Waals surface area contributed by atoms with Gasteiger partial charge in [-0.05, 0) is 43.3 Å². The lowest BCUT2D eigenvalue weighted by Crippen LogP contribution is -2.30. The molecule has 3 rings (SSSR count). The summed E-state index contributed by atoms with van der Waals surface area (Å²) in [5.41, 5.74) is 3.22. The lowest BCUT2D eigenvalue weighted by molar-refractivity contribution is 0.0847. The molecule has 1 aliphatic rings. The molecule has 5 heteroatoms. The Kier molecular flexibility index (Phi) is 3.28. The second kappa shape index (κ2) is 4.96. The van der Waals surface area contributed by atoms with E-state index in [0.717, 1.165) is 17.0 Å². The van der Waals surface area contributed by atoms with Crippen molar-refractivity contribution in [2.24, 2.45) is 0 Å². The molecule has 1 amide bonds. The van der Waals surface area contributed by atoms with Gasteiger partial charge in [-0.1, -0.05) is 23.8 Å². The third-order valence-corrected chi connectivity index (χ3v) is 3.93. The van der Waals surface area contributed by atoms with E-state index >= 15 is 0 Å². The second-order valence-corrected chi connectivity index (χ2v) is 5.47.